The summed E-state index contributed by atoms with van der Waals surface area (Å²) >= 11 is 0. The van der Waals surface area contributed by atoms with E-state index in [1.54, 1.807) is 0 Å². The predicted molar refractivity (Wildman–Crippen MR) is 80.8 cm³/mol. The third-order valence-corrected chi connectivity index (χ3v) is 3.42. The van der Waals surface area contributed by atoms with Crippen molar-refractivity contribution < 1.29 is 4.79 Å². The quantitative estimate of drug-likeness (QED) is 0.888. The molecule has 5 heteroatoms. The average Bonchev–Trinajstić information content (AvgIpc) is 2.69. The Kier molecular flexibility index (Phi) is 5.79. The van der Waals surface area contributed by atoms with Crippen LogP contribution in [0, 0.1) is 13.8 Å². The van der Waals surface area contributed by atoms with Crippen LogP contribution in [0.25, 0.3) is 0 Å². The summed E-state index contributed by atoms with van der Waals surface area (Å²) in [4.78, 5) is 14.1. The maximum absolute atomic E-state index is 12.0. The van der Waals surface area contributed by atoms with Crippen molar-refractivity contribution in [1.29, 1.82) is 0 Å². The summed E-state index contributed by atoms with van der Waals surface area (Å²) in [7, 11) is 0. The largest absolute Gasteiger partial charge is 0.326 e. The van der Waals surface area contributed by atoms with Crippen molar-refractivity contribution >= 4 is 24.0 Å². The van der Waals surface area contributed by atoms with Crippen molar-refractivity contribution in [2.45, 2.75) is 26.3 Å². The van der Waals surface area contributed by atoms with Gasteiger partial charge in [0.2, 0.25) is 5.91 Å². The summed E-state index contributed by atoms with van der Waals surface area (Å²) in [5.74, 6) is 0.0431. The SMILES string of the molecule is Cc1cccc(C)c1NC(=O)CN1CC[C@@H](N)C1.Cl. The number of nitrogens with one attached hydrogen (secondary N) is 1. The summed E-state index contributed by atoms with van der Waals surface area (Å²) in [6.45, 7) is 6.19. The molecule has 106 valence electrons. The minimum absolute atomic E-state index is 0. The first-order chi connectivity index (χ1) is 8.56. The Balaban J connectivity index is 0.00000180. The Morgan fingerprint density at radius 1 is 1.42 bits per heavy atom. The fourth-order valence-corrected chi connectivity index (χ4v) is 2.40. The van der Waals surface area contributed by atoms with Crippen molar-refractivity contribution in [2.24, 2.45) is 5.73 Å². The number of nitrogens with zero attached hydrogens (tertiary/aromatic N) is 1. The molecular formula is C14H22ClN3O. The van der Waals surface area contributed by atoms with E-state index < -0.39 is 0 Å². The number of hydrogen-bond donors (Lipinski definition) is 2. The van der Waals surface area contributed by atoms with Crippen LogP contribution < -0.4 is 11.1 Å². The molecule has 1 fully saturated rings. The van der Waals surface area contributed by atoms with Crippen LogP contribution in [0.5, 0.6) is 0 Å². The molecule has 1 atom stereocenters. The number of hydrogen-bond acceptors (Lipinski definition) is 3. The summed E-state index contributed by atoms with van der Waals surface area (Å²) in [6, 6.07) is 6.24. The molecule has 1 amide bonds. The first kappa shape index (κ1) is 16.0. The molecule has 0 bridgehead atoms. The van der Waals surface area contributed by atoms with Crippen LogP contribution in [-0.4, -0.2) is 36.5 Å². The number of aryl methyl sites for hydroxylation is 2. The number of likely N-dealkylation sites (tertiary alicyclic amines) is 1. The van der Waals surface area contributed by atoms with Crippen LogP contribution >= 0.6 is 12.4 Å². The molecule has 1 aliphatic heterocycles. The molecule has 1 aliphatic rings. The molecule has 1 aromatic carbocycles. The van der Waals surface area contributed by atoms with Gasteiger partial charge in [-0.05, 0) is 31.4 Å². The number of rotatable bonds is 3. The highest BCUT2D eigenvalue weighted by atomic mass is 35.5. The van der Waals surface area contributed by atoms with Gasteiger partial charge < -0.3 is 11.1 Å². The normalized spacial score (nSPS) is 19.0. The van der Waals surface area contributed by atoms with Crippen LogP contribution in [0.3, 0.4) is 0 Å². The van der Waals surface area contributed by atoms with E-state index in [-0.39, 0.29) is 24.4 Å². The molecule has 3 N–H and O–H groups in total. The predicted octanol–water partition coefficient (Wildman–Crippen LogP) is 1.70. The molecule has 1 saturated heterocycles. The van der Waals surface area contributed by atoms with Crippen molar-refractivity contribution in [3.8, 4) is 0 Å². The Morgan fingerprint density at radius 3 is 2.58 bits per heavy atom. The lowest BCUT2D eigenvalue weighted by atomic mass is 10.1. The average molecular weight is 284 g/mol. The zero-order chi connectivity index (χ0) is 13.1. The lowest BCUT2D eigenvalue weighted by Gasteiger charge is -2.16. The third kappa shape index (κ3) is 4.20. The van der Waals surface area contributed by atoms with Gasteiger partial charge in [-0.2, -0.15) is 0 Å². The second kappa shape index (κ2) is 6.89. The standard InChI is InChI=1S/C14H21N3O.ClH/c1-10-4-3-5-11(2)14(10)16-13(18)9-17-7-6-12(15)8-17;/h3-5,12H,6-9,15H2,1-2H3,(H,16,18);1H/t12-;/m1./s1. The van der Waals surface area contributed by atoms with E-state index in [4.69, 9.17) is 5.73 Å². The van der Waals surface area contributed by atoms with Gasteiger partial charge in [0, 0.05) is 24.8 Å². The highest BCUT2D eigenvalue weighted by Gasteiger charge is 2.21. The smallest absolute Gasteiger partial charge is 0.238 e. The van der Waals surface area contributed by atoms with E-state index in [9.17, 15) is 4.79 Å². The number of anilines is 1. The molecule has 0 spiro atoms. The van der Waals surface area contributed by atoms with E-state index >= 15 is 0 Å². The minimum atomic E-state index is 0. The lowest BCUT2D eigenvalue weighted by Crippen LogP contribution is -2.33. The van der Waals surface area contributed by atoms with E-state index in [2.05, 4.69) is 10.2 Å². The Bertz CT molecular complexity index is 430. The van der Waals surface area contributed by atoms with Gasteiger partial charge in [-0.1, -0.05) is 18.2 Å². The third-order valence-electron chi connectivity index (χ3n) is 3.42. The second-order valence-electron chi connectivity index (χ2n) is 5.10. The van der Waals surface area contributed by atoms with Crippen LogP contribution in [0.4, 0.5) is 5.69 Å². The zero-order valence-corrected chi connectivity index (χ0v) is 12.3. The molecule has 0 saturated carbocycles. The van der Waals surface area contributed by atoms with Gasteiger partial charge in [0.15, 0.2) is 0 Å². The van der Waals surface area contributed by atoms with E-state index in [0.717, 1.165) is 36.3 Å². The van der Waals surface area contributed by atoms with Crippen molar-refractivity contribution in [1.82, 2.24) is 4.90 Å². The maximum Gasteiger partial charge on any atom is 0.238 e. The van der Waals surface area contributed by atoms with Gasteiger partial charge in [0.25, 0.3) is 0 Å². The van der Waals surface area contributed by atoms with Gasteiger partial charge in [-0.25, -0.2) is 0 Å². The van der Waals surface area contributed by atoms with Crippen LogP contribution in [-0.2, 0) is 4.79 Å². The van der Waals surface area contributed by atoms with Crippen LogP contribution in [0.2, 0.25) is 0 Å². The highest BCUT2D eigenvalue weighted by Crippen LogP contribution is 2.19. The summed E-state index contributed by atoms with van der Waals surface area (Å²) in [5.41, 5.74) is 8.96. The first-order valence-corrected chi connectivity index (χ1v) is 6.40. The van der Waals surface area contributed by atoms with Gasteiger partial charge >= 0.3 is 0 Å². The number of carbonyl (C=O) groups excluding carboxylic acids is 1. The molecule has 1 aromatic rings. The zero-order valence-electron chi connectivity index (χ0n) is 11.5. The number of benzene rings is 1. The maximum atomic E-state index is 12.0. The van der Waals surface area contributed by atoms with Crippen molar-refractivity contribution in [3.05, 3.63) is 29.3 Å². The molecule has 19 heavy (non-hydrogen) atoms. The van der Waals surface area contributed by atoms with Gasteiger partial charge in [-0.15, -0.1) is 12.4 Å². The Labute approximate surface area is 120 Å². The molecule has 1 heterocycles. The minimum Gasteiger partial charge on any atom is -0.326 e. The molecule has 0 aromatic heterocycles. The van der Waals surface area contributed by atoms with Crippen LogP contribution in [0.1, 0.15) is 17.5 Å². The molecule has 0 radical (unpaired) electrons. The summed E-state index contributed by atoms with van der Waals surface area (Å²) in [5, 5.41) is 3.00. The number of para-hydroxylation sites is 1. The monoisotopic (exact) mass is 283 g/mol. The van der Waals surface area contributed by atoms with Gasteiger partial charge in [0.05, 0.1) is 6.54 Å². The molecule has 2 rings (SSSR count). The van der Waals surface area contributed by atoms with Crippen molar-refractivity contribution in [3.63, 3.8) is 0 Å². The summed E-state index contributed by atoms with van der Waals surface area (Å²) < 4.78 is 0. The number of amides is 1. The molecule has 4 nitrogen and oxygen atoms in total. The fraction of sp³-hybridized carbons (Fsp3) is 0.500. The van der Waals surface area contributed by atoms with E-state index in [1.807, 2.05) is 32.0 Å². The van der Waals surface area contributed by atoms with Gasteiger partial charge in [0.1, 0.15) is 0 Å². The number of nitrogens with two attached hydrogens (primary N) is 1. The highest BCUT2D eigenvalue weighted by molar-refractivity contribution is 5.93. The number of carbonyl (C=O) groups is 1. The van der Waals surface area contributed by atoms with Crippen LogP contribution in [0.15, 0.2) is 18.2 Å². The molecule has 0 aliphatic carbocycles. The number of halogens is 1. The Morgan fingerprint density at radius 2 is 2.05 bits per heavy atom. The lowest BCUT2D eigenvalue weighted by molar-refractivity contribution is -0.117. The fourth-order valence-electron chi connectivity index (χ4n) is 2.40. The van der Waals surface area contributed by atoms with Gasteiger partial charge in [-0.3, -0.25) is 9.69 Å². The first-order valence-electron chi connectivity index (χ1n) is 6.40. The van der Waals surface area contributed by atoms with E-state index in [0.29, 0.717) is 6.54 Å². The van der Waals surface area contributed by atoms with E-state index in [1.165, 1.54) is 0 Å². The molecular weight excluding hydrogens is 262 g/mol. The molecule has 0 unspecified atom stereocenters. The second-order valence-corrected chi connectivity index (χ2v) is 5.10. The Hall–Kier alpha value is -1.10. The summed E-state index contributed by atoms with van der Waals surface area (Å²) in [6.07, 6.45) is 0.983. The van der Waals surface area contributed by atoms with Crippen molar-refractivity contribution in [2.75, 3.05) is 25.0 Å². The topological polar surface area (TPSA) is 58.4 Å².